The van der Waals surface area contributed by atoms with E-state index in [2.05, 4.69) is 23.6 Å². The van der Waals surface area contributed by atoms with Crippen LogP contribution in [0.5, 0.6) is 0 Å². The monoisotopic (exact) mass is 338 g/mol. The van der Waals surface area contributed by atoms with Crippen molar-refractivity contribution in [1.82, 2.24) is 5.32 Å². The molecular weight excluding hydrogens is 312 g/mol. The van der Waals surface area contributed by atoms with Gasteiger partial charge in [-0.3, -0.25) is 4.79 Å². The van der Waals surface area contributed by atoms with Gasteiger partial charge in [0.15, 0.2) is 0 Å². The van der Waals surface area contributed by atoms with Crippen LogP contribution in [0.2, 0.25) is 0 Å². The van der Waals surface area contributed by atoms with Gasteiger partial charge in [-0.05, 0) is 56.0 Å². The molecule has 132 valence electrons. The van der Waals surface area contributed by atoms with E-state index in [1.807, 2.05) is 57.2 Å². The van der Waals surface area contributed by atoms with Gasteiger partial charge in [0, 0.05) is 18.3 Å². The maximum atomic E-state index is 12.1. The number of nitrogens with one attached hydrogen (secondary N) is 2. The molecule has 0 fully saturated rings. The number of amides is 1. The Morgan fingerprint density at radius 2 is 1.92 bits per heavy atom. The molecule has 4 nitrogen and oxygen atoms in total. The second kappa shape index (κ2) is 6.62. The molecule has 0 aromatic heterocycles. The fourth-order valence-corrected chi connectivity index (χ4v) is 3.34. The van der Waals surface area contributed by atoms with Crippen molar-refractivity contribution >= 4 is 11.6 Å². The highest BCUT2D eigenvalue weighted by Crippen LogP contribution is 2.38. The van der Waals surface area contributed by atoms with Gasteiger partial charge < -0.3 is 15.7 Å². The average molecular weight is 338 g/mol. The van der Waals surface area contributed by atoms with Crippen LogP contribution >= 0.6 is 0 Å². The molecule has 4 heteroatoms. The SMILES string of the molecule is Cc1ccccc1C(O)CNC(C)c1ccc2c(c1)C(C)(C)C(=O)N2. The van der Waals surface area contributed by atoms with Gasteiger partial charge in [-0.1, -0.05) is 36.4 Å². The zero-order valence-electron chi connectivity index (χ0n) is 15.3. The lowest BCUT2D eigenvalue weighted by Crippen LogP contribution is -2.27. The first-order valence-electron chi connectivity index (χ1n) is 8.73. The maximum Gasteiger partial charge on any atom is 0.234 e. The molecule has 0 bridgehead atoms. The van der Waals surface area contributed by atoms with E-state index in [-0.39, 0.29) is 11.9 Å². The Kier molecular flexibility index (Phi) is 4.67. The van der Waals surface area contributed by atoms with Crippen molar-refractivity contribution in [2.24, 2.45) is 0 Å². The van der Waals surface area contributed by atoms with Crippen molar-refractivity contribution in [2.45, 2.75) is 45.3 Å². The summed E-state index contributed by atoms with van der Waals surface area (Å²) >= 11 is 0. The summed E-state index contributed by atoms with van der Waals surface area (Å²) in [7, 11) is 0. The van der Waals surface area contributed by atoms with E-state index in [1.165, 1.54) is 0 Å². The number of carbonyl (C=O) groups excluding carboxylic acids is 1. The molecule has 0 saturated carbocycles. The van der Waals surface area contributed by atoms with Crippen molar-refractivity contribution in [1.29, 1.82) is 0 Å². The smallest absolute Gasteiger partial charge is 0.234 e. The summed E-state index contributed by atoms with van der Waals surface area (Å²) < 4.78 is 0. The van der Waals surface area contributed by atoms with E-state index < -0.39 is 11.5 Å². The van der Waals surface area contributed by atoms with Gasteiger partial charge in [-0.15, -0.1) is 0 Å². The predicted molar refractivity (Wildman–Crippen MR) is 101 cm³/mol. The number of fused-ring (bicyclic) bond motifs is 1. The molecule has 0 spiro atoms. The number of hydrogen-bond acceptors (Lipinski definition) is 3. The number of benzene rings is 2. The lowest BCUT2D eigenvalue weighted by Gasteiger charge is -2.21. The Labute approximate surface area is 149 Å². The first-order chi connectivity index (χ1) is 11.8. The van der Waals surface area contributed by atoms with Crippen molar-refractivity contribution in [3.63, 3.8) is 0 Å². The number of aliphatic hydroxyl groups excluding tert-OH is 1. The van der Waals surface area contributed by atoms with E-state index in [0.29, 0.717) is 6.54 Å². The van der Waals surface area contributed by atoms with Gasteiger partial charge in [0.1, 0.15) is 0 Å². The van der Waals surface area contributed by atoms with E-state index in [0.717, 1.165) is 27.9 Å². The maximum absolute atomic E-state index is 12.1. The number of aliphatic hydroxyl groups is 1. The van der Waals surface area contributed by atoms with Gasteiger partial charge in [0.2, 0.25) is 5.91 Å². The lowest BCUT2D eigenvalue weighted by molar-refractivity contribution is -0.119. The quantitative estimate of drug-likeness (QED) is 0.780. The van der Waals surface area contributed by atoms with E-state index in [4.69, 9.17) is 0 Å². The van der Waals surface area contributed by atoms with Crippen molar-refractivity contribution in [2.75, 3.05) is 11.9 Å². The molecule has 2 unspecified atom stereocenters. The van der Waals surface area contributed by atoms with Crippen LogP contribution in [0.4, 0.5) is 5.69 Å². The molecular formula is C21H26N2O2. The lowest BCUT2D eigenvalue weighted by atomic mass is 9.85. The van der Waals surface area contributed by atoms with E-state index in [1.54, 1.807) is 0 Å². The summed E-state index contributed by atoms with van der Waals surface area (Å²) in [5.41, 5.74) is 4.57. The molecule has 1 heterocycles. The van der Waals surface area contributed by atoms with Gasteiger partial charge in [0.25, 0.3) is 0 Å². The van der Waals surface area contributed by atoms with E-state index >= 15 is 0 Å². The Balaban J connectivity index is 1.71. The fraction of sp³-hybridized carbons (Fsp3) is 0.381. The highest BCUT2D eigenvalue weighted by molar-refractivity contribution is 6.05. The Morgan fingerprint density at radius 1 is 1.20 bits per heavy atom. The van der Waals surface area contributed by atoms with E-state index in [9.17, 15) is 9.90 Å². The number of aryl methyl sites for hydroxylation is 1. The number of hydrogen-bond donors (Lipinski definition) is 3. The molecule has 0 aliphatic carbocycles. The normalized spacial score (nSPS) is 17.7. The van der Waals surface area contributed by atoms with Gasteiger partial charge in [-0.25, -0.2) is 0 Å². The standard InChI is InChI=1S/C21H26N2O2/c1-13-7-5-6-8-16(13)19(24)12-22-14(2)15-9-10-18-17(11-15)21(3,4)20(25)23-18/h5-11,14,19,22,24H,12H2,1-4H3,(H,23,25). The minimum atomic E-state index is -0.544. The largest absolute Gasteiger partial charge is 0.387 e. The molecule has 2 aromatic carbocycles. The number of rotatable bonds is 5. The third-order valence-corrected chi connectivity index (χ3v) is 5.20. The van der Waals surface area contributed by atoms with Crippen LogP contribution in [0.25, 0.3) is 0 Å². The van der Waals surface area contributed by atoms with Crippen LogP contribution < -0.4 is 10.6 Å². The summed E-state index contributed by atoms with van der Waals surface area (Å²) in [6.07, 6.45) is -0.544. The summed E-state index contributed by atoms with van der Waals surface area (Å²) in [6, 6.07) is 14.0. The van der Waals surface area contributed by atoms with Crippen LogP contribution in [0.3, 0.4) is 0 Å². The highest BCUT2D eigenvalue weighted by Gasteiger charge is 2.38. The predicted octanol–water partition coefficient (Wildman–Crippen LogP) is 3.61. The highest BCUT2D eigenvalue weighted by atomic mass is 16.3. The number of carbonyl (C=O) groups is 1. The minimum absolute atomic E-state index is 0.0373. The fourth-order valence-electron chi connectivity index (χ4n) is 3.34. The third kappa shape index (κ3) is 3.32. The topological polar surface area (TPSA) is 61.4 Å². The van der Waals surface area contributed by atoms with Crippen molar-refractivity contribution in [3.8, 4) is 0 Å². The zero-order chi connectivity index (χ0) is 18.2. The molecule has 2 atom stereocenters. The zero-order valence-corrected chi connectivity index (χ0v) is 15.3. The Bertz CT molecular complexity index is 798. The minimum Gasteiger partial charge on any atom is -0.387 e. The molecule has 25 heavy (non-hydrogen) atoms. The molecule has 3 N–H and O–H groups in total. The second-order valence-corrected chi connectivity index (χ2v) is 7.39. The molecule has 1 amide bonds. The summed E-state index contributed by atoms with van der Waals surface area (Å²) in [5.74, 6) is 0.0373. The molecule has 2 aromatic rings. The van der Waals surface area contributed by atoms with Crippen LogP contribution in [0, 0.1) is 6.92 Å². The Morgan fingerprint density at radius 3 is 2.64 bits per heavy atom. The van der Waals surface area contributed by atoms with Gasteiger partial charge in [-0.2, -0.15) is 0 Å². The molecule has 1 aliphatic rings. The first-order valence-corrected chi connectivity index (χ1v) is 8.73. The van der Waals surface area contributed by atoms with Crippen LogP contribution in [0.1, 0.15) is 55.2 Å². The average Bonchev–Trinajstić information content (AvgIpc) is 2.82. The summed E-state index contributed by atoms with van der Waals surface area (Å²) in [4.78, 5) is 12.1. The summed E-state index contributed by atoms with van der Waals surface area (Å²) in [6.45, 7) is 8.44. The molecule has 1 aliphatic heterocycles. The van der Waals surface area contributed by atoms with Gasteiger partial charge >= 0.3 is 0 Å². The molecule has 0 radical (unpaired) electrons. The second-order valence-electron chi connectivity index (χ2n) is 7.39. The van der Waals surface area contributed by atoms with Crippen LogP contribution in [-0.4, -0.2) is 17.6 Å². The van der Waals surface area contributed by atoms with Crippen LogP contribution in [0.15, 0.2) is 42.5 Å². The molecule has 3 rings (SSSR count). The third-order valence-electron chi connectivity index (χ3n) is 5.20. The first kappa shape index (κ1) is 17.6. The molecule has 0 saturated heterocycles. The van der Waals surface area contributed by atoms with Crippen molar-refractivity contribution in [3.05, 3.63) is 64.7 Å². The van der Waals surface area contributed by atoms with Gasteiger partial charge in [0.05, 0.1) is 11.5 Å². The number of anilines is 1. The Hall–Kier alpha value is -2.17. The summed E-state index contributed by atoms with van der Waals surface area (Å²) in [5, 5.41) is 16.8. The van der Waals surface area contributed by atoms with Crippen molar-refractivity contribution < 1.29 is 9.90 Å². The van der Waals surface area contributed by atoms with Crippen LogP contribution in [-0.2, 0) is 10.2 Å².